The lowest BCUT2D eigenvalue weighted by molar-refractivity contribution is -0.139. The minimum Gasteiger partial charge on any atom is -0.480 e. The summed E-state index contributed by atoms with van der Waals surface area (Å²) in [5, 5.41) is 11.4. The van der Waals surface area contributed by atoms with E-state index in [-0.39, 0.29) is 18.0 Å². The van der Waals surface area contributed by atoms with Gasteiger partial charge in [-0.2, -0.15) is 13.2 Å². The molecule has 0 aliphatic rings. The molecular weight excluding hydrogens is 278 g/mol. The molecule has 0 radical (unpaired) electrons. The molecule has 1 rings (SSSR count). The van der Waals surface area contributed by atoms with Crippen LogP contribution in [0.15, 0.2) is 18.2 Å². The summed E-state index contributed by atoms with van der Waals surface area (Å²) in [6.45, 7) is 3.58. The fraction of sp³-hybridized carbons (Fsp3) is 0.462. The highest BCUT2D eigenvalue weighted by Gasteiger charge is 2.31. The lowest BCUT2D eigenvalue weighted by atomic mass is 10.0. The summed E-state index contributed by atoms with van der Waals surface area (Å²) in [5.41, 5.74) is -1.37. The van der Waals surface area contributed by atoms with Crippen molar-refractivity contribution in [2.24, 2.45) is 5.92 Å². The van der Waals surface area contributed by atoms with Gasteiger partial charge in [-0.25, -0.2) is 9.18 Å². The molecule has 0 aliphatic heterocycles. The van der Waals surface area contributed by atoms with Crippen LogP contribution in [0.25, 0.3) is 0 Å². The first-order valence-corrected chi connectivity index (χ1v) is 5.97. The third-order valence-electron chi connectivity index (χ3n) is 2.63. The summed E-state index contributed by atoms with van der Waals surface area (Å²) >= 11 is 0. The highest BCUT2D eigenvalue weighted by atomic mass is 19.4. The van der Waals surface area contributed by atoms with Gasteiger partial charge >= 0.3 is 12.1 Å². The highest BCUT2D eigenvalue weighted by Crippen LogP contribution is 2.31. The van der Waals surface area contributed by atoms with Crippen LogP contribution >= 0.6 is 0 Å². The SMILES string of the molecule is CC(C)CC(Nc1ccc(C(F)(F)F)cc1F)C(=O)O. The first-order valence-electron chi connectivity index (χ1n) is 5.97. The lowest BCUT2D eigenvalue weighted by Gasteiger charge is -2.18. The smallest absolute Gasteiger partial charge is 0.416 e. The van der Waals surface area contributed by atoms with Gasteiger partial charge in [0.05, 0.1) is 11.3 Å². The Morgan fingerprint density at radius 1 is 1.35 bits per heavy atom. The van der Waals surface area contributed by atoms with Crippen LogP contribution in [-0.4, -0.2) is 17.1 Å². The van der Waals surface area contributed by atoms with Crippen LogP contribution in [0.5, 0.6) is 0 Å². The Bertz CT molecular complexity index is 486. The Morgan fingerprint density at radius 3 is 2.35 bits per heavy atom. The fourth-order valence-electron chi connectivity index (χ4n) is 1.69. The summed E-state index contributed by atoms with van der Waals surface area (Å²) in [6, 6.07) is 0.895. The Hall–Kier alpha value is -1.79. The van der Waals surface area contributed by atoms with Crippen molar-refractivity contribution in [1.82, 2.24) is 0 Å². The zero-order valence-electron chi connectivity index (χ0n) is 11.0. The largest absolute Gasteiger partial charge is 0.480 e. The van der Waals surface area contributed by atoms with Crippen LogP contribution in [0.3, 0.4) is 0 Å². The van der Waals surface area contributed by atoms with Crippen molar-refractivity contribution in [3.63, 3.8) is 0 Å². The topological polar surface area (TPSA) is 49.3 Å². The molecule has 1 unspecified atom stereocenters. The van der Waals surface area contributed by atoms with Crippen LogP contribution in [0.1, 0.15) is 25.8 Å². The van der Waals surface area contributed by atoms with Gasteiger partial charge in [0.15, 0.2) is 0 Å². The molecule has 0 fully saturated rings. The normalized spacial score (nSPS) is 13.3. The van der Waals surface area contributed by atoms with Crippen molar-refractivity contribution in [1.29, 1.82) is 0 Å². The Kier molecular flexibility index (Phi) is 4.97. The number of anilines is 1. The third-order valence-corrected chi connectivity index (χ3v) is 2.63. The van der Waals surface area contributed by atoms with Crippen molar-refractivity contribution >= 4 is 11.7 Å². The molecule has 112 valence electrons. The van der Waals surface area contributed by atoms with E-state index in [1.165, 1.54) is 0 Å². The van der Waals surface area contributed by atoms with Gasteiger partial charge in [0.25, 0.3) is 0 Å². The molecule has 0 aromatic heterocycles. The molecule has 0 bridgehead atoms. The number of hydrogen-bond acceptors (Lipinski definition) is 2. The number of benzene rings is 1. The molecule has 1 aromatic carbocycles. The first kappa shape index (κ1) is 16.3. The third kappa shape index (κ3) is 4.40. The van der Waals surface area contributed by atoms with Gasteiger partial charge in [0.2, 0.25) is 0 Å². The second-order valence-corrected chi connectivity index (χ2v) is 4.86. The number of rotatable bonds is 5. The van der Waals surface area contributed by atoms with Crippen molar-refractivity contribution in [2.45, 2.75) is 32.5 Å². The van der Waals surface area contributed by atoms with Gasteiger partial charge in [-0.05, 0) is 30.5 Å². The Morgan fingerprint density at radius 2 is 1.95 bits per heavy atom. The molecule has 0 spiro atoms. The summed E-state index contributed by atoms with van der Waals surface area (Å²) in [4.78, 5) is 11.0. The lowest BCUT2D eigenvalue weighted by Crippen LogP contribution is -2.31. The second kappa shape index (κ2) is 6.11. The van der Waals surface area contributed by atoms with E-state index < -0.39 is 29.6 Å². The maximum absolute atomic E-state index is 13.6. The molecule has 1 aromatic rings. The minimum atomic E-state index is -4.64. The van der Waals surface area contributed by atoms with Crippen LogP contribution in [0.4, 0.5) is 23.2 Å². The Balaban J connectivity index is 2.94. The zero-order chi connectivity index (χ0) is 15.5. The maximum atomic E-state index is 13.6. The van der Waals surface area contributed by atoms with Gasteiger partial charge in [0, 0.05) is 0 Å². The van der Waals surface area contributed by atoms with Crippen LogP contribution in [-0.2, 0) is 11.0 Å². The van der Waals surface area contributed by atoms with E-state index in [0.29, 0.717) is 12.1 Å². The molecular formula is C13H15F4NO2. The summed E-state index contributed by atoms with van der Waals surface area (Å²) in [7, 11) is 0. The number of halogens is 4. The predicted molar refractivity (Wildman–Crippen MR) is 65.9 cm³/mol. The van der Waals surface area contributed by atoms with Crippen LogP contribution in [0.2, 0.25) is 0 Å². The van der Waals surface area contributed by atoms with Gasteiger partial charge in [-0.1, -0.05) is 13.8 Å². The first-order chi connectivity index (χ1) is 9.11. The molecule has 0 aliphatic carbocycles. The highest BCUT2D eigenvalue weighted by molar-refractivity contribution is 5.77. The van der Waals surface area contributed by atoms with E-state index in [4.69, 9.17) is 5.11 Å². The van der Waals surface area contributed by atoms with Gasteiger partial charge in [-0.3, -0.25) is 0 Å². The maximum Gasteiger partial charge on any atom is 0.416 e. The van der Waals surface area contributed by atoms with Crippen molar-refractivity contribution < 1.29 is 27.5 Å². The number of alkyl halides is 3. The van der Waals surface area contributed by atoms with Crippen molar-refractivity contribution in [2.75, 3.05) is 5.32 Å². The molecule has 7 heteroatoms. The van der Waals surface area contributed by atoms with E-state index in [1.54, 1.807) is 13.8 Å². The number of carboxylic acid groups (broad SMARTS) is 1. The van der Waals surface area contributed by atoms with Crippen LogP contribution < -0.4 is 5.32 Å². The standard InChI is InChI=1S/C13H15F4NO2/c1-7(2)5-11(12(19)20)18-10-4-3-8(6-9(10)14)13(15,16)17/h3-4,6-7,11,18H,5H2,1-2H3,(H,19,20). The summed E-state index contributed by atoms with van der Waals surface area (Å²) in [5.74, 6) is -2.27. The summed E-state index contributed by atoms with van der Waals surface area (Å²) in [6.07, 6.45) is -4.40. The monoisotopic (exact) mass is 293 g/mol. The predicted octanol–water partition coefficient (Wildman–Crippen LogP) is 3.76. The number of aliphatic carboxylic acids is 1. The number of carboxylic acids is 1. The summed E-state index contributed by atoms with van der Waals surface area (Å²) < 4.78 is 50.7. The molecule has 3 nitrogen and oxygen atoms in total. The number of carbonyl (C=O) groups is 1. The van der Waals surface area contributed by atoms with Crippen LogP contribution in [0, 0.1) is 11.7 Å². The average molecular weight is 293 g/mol. The van der Waals surface area contributed by atoms with E-state index >= 15 is 0 Å². The fourth-order valence-corrected chi connectivity index (χ4v) is 1.69. The zero-order valence-corrected chi connectivity index (χ0v) is 11.0. The number of nitrogens with one attached hydrogen (secondary N) is 1. The molecule has 0 saturated carbocycles. The van der Waals surface area contributed by atoms with E-state index in [9.17, 15) is 22.4 Å². The quantitative estimate of drug-likeness (QED) is 0.813. The van der Waals surface area contributed by atoms with E-state index in [0.717, 1.165) is 6.07 Å². The van der Waals surface area contributed by atoms with E-state index in [2.05, 4.69) is 5.32 Å². The van der Waals surface area contributed by atoms with Crippen molar-refractivity contribution in [3.8, 4) is 0 Å². The molecule has 0 amide bonds. The number of hydrogen-bond donors (Lipinski definition) is 2. The minimum absolute atomic E-state index is 0.0427. The van der Waals surface area contributed by atoms with Gasteiger partial charge in [-0.15, -0.1) is 0 Å². The molecule has 0 heterocycles. The second-order valence-electron chi connectivity index (χ2n) is 4.86. The average Bonchev–Trinajstić information content (AvgIpc) is 2.28. The molecule has 1 atom stereocenters. The molecule has 0 saturated heterocycles. The van der Waals surface area contributed by atoms with Crippen molar-refractivity contribution in [3.05, 3.63) is 29.6 Å². The van der Waals surface area contributed by atoms with Gasteiger partial charge in [0.1, 0.15) is 11.9 Å². The molecule has 20 heavy (non-hydrogen) atoms. The Labute approximate surface area is 113 Å². The van der Waals surface area contributed by atoms with Gasteiger partial charge < -0.3 is 10.4 Å². The molecule has 2 N–H and O–H groups in total. The van der Waals surface area contributed by atoms with E-state index in [1.807, 2.05) is 0 Å².